The van der Waals surface area contributed by atoms with Crippen molar-refractivity contribution in [3.8, 4) is 11.5 Å². The average molecular weight is 305 g/mol. The Hall–Kier alpha value is -2.09. The van der Waals surface area contributed by atoms with E-state index in [1.54, 1.807) is 12.1 Å². The Morgan fingerprint density at radius 2 is 2.14 bits per heavy atom. The molecule has 1 rings (SSSR count). The maximum absolute atomic E-state index is 12.2. The van der Waals surface area contributed by atoms with Gasteiger partial charge in [-0.05, 0) is 24.1 Å². The lowest BCUT2D eigenvalue weighted by atomic mass is 10.1. The molecule has 0 atom stereocenters. The second-order valence-electron chi connectivity index (χ2n) is 3.90. The van der Waals surface area contributed by atoms with Crippen molar-refractivity contribution in [2.45, 2.75) is 13.0 Å². The number of aliphatic hydroxyl groups is 1. The number of aliphatic hydroxyl groups excluding tert-OH is 1. The van der Waals surface area contributed by atoms with E-state index in [2.05, 4.69) is 14.8 Å². The summed E-state index contributed by atoms with van der Waals surface area (Å²) >= 11 is 0. The van der Waals surface area contributed by atoms with Crippen LogP contribution >= 0.6 is 0 Å². The topological polar surface area (TPSA) is 77.0 Å². The summed E-state index contributed by atoms with van der Waals surface area (Å²) in [5.41, 5.74) is 0.774. The summed E-state index contributed by atoms with van der Waals surface area (Å²) in [7, 11) is 1.35. The summed E-state index contributed by atoms with van der Waals surface area (Å²) in [5.74, 6) is 0.141. The fourth-order valence-corrected chi connectivity index (χ4v) is 1.56. The first-order valence-electron chi connectivity index (χ1n) is 6.20. The lowest BCUT2D eigenvalue weighted by Crippen LogP contribution is -2.27. The van der Waals surface area contributed by atoms with Crippen LogP contribution in [0.15, 0.2) is 18.2 Å². The number of benzene rings is 1. The Morgan fingerprint density at radius 3 is 2.76 bits per heavy atom. The van der Waals surface area contributed by atoms with E-state index in [0.717, 1.165) is 5.56 Å². The van der Waals surface area contributed by atoms with Crippen molar-refractivity contribution in [3.05, 3.63) is 23.8 Å². The van der Waals surface area contributed by atoms with Crippen molar-refractivity contribution < 1.29 is 32.9 Å². The van der Waals surface area contributed by atoms with Gasteiger partial charge in [-0.25, -0.2) is 4.79 Å². The highest BCUT2D eigenvalue weighted by atomic mass is 19.3. The number of hydrogen-bond donors (Lipinski definition) is 2. The third-order valence-electron chi connectivity index (χ3n) is 2.45. The molecule has 0 aliphatic rings. The van der Waals surface area contributed by atoms with E-state index in [1.165, 1.54) is 13.2 Å². The lowest BCUT2D eigenvalue weighted by molar-refractivity contribution is -0.0512. The smallest absolute Gasteiger partial charge is 0.407 e. The molecule has 0 aromatic heterocycles. The maximum atomic E-state index is 12.2. The first-order valence-corrected chi connectivity index (χ1v) is 6.20. The Balaban J connectivity index is 2.50. The van der Waals surface area contributed by atoms with Gasteiger partial charge in [-0.2, -0.15) is 8.78 Å². The summed E-state index contributed by atoms with van der Waals surface area (Å²) in [6.45, 7) is -2.94. The number of nitrogens with one attached hydrogen (secondary N) is 1. The van der Waals surface area contributed by atoms with Gasteiger partial charge in [0.1, 0.15) is 6.61 Å². The van der Waals surface area contributed by atoms with Gasteiger partial charge in [-0.3, -0.25) is 0 Å². The second-order valence-corrected chi connectivity index (χ2v) is 3.90. The van der Waals surface area contributed by atoms with Gasteiger partial charge in [-0.15, -0.1) is 0 Å². The zero-order chi connectivity index (χ0) is 15.7. The van der Waals surface area contributed by atoms with Gasteiger partial charge in [-0.1, -0.05) is 6.07 Å². The predicted octanol–water partition coefficient (Wildman–Crippen LogP) is 1.56. The van der Waals surface area contributed by atoms with Gasteiger partial charge in [0.05, 0.1) is 13.7 Å². The molecular weight excluding hydrogens is 288 g/mol. The molecule has 6 nitrogen and oxygen atoms in total. The first-order chi connectivity index (χ1) is 10.1. The quantitative estimate of drug-likeness (QED) is 0.762. The summed E-state index contributed by atoms with van der Waals surface area (Å²) < 4.78 is 38.2. The highest BCUT2D eigenvalue weighted by molar-refractivity contribution is 5.67. The molecule has 0 spiro atoms. The van der Waals surface area contributed by atoms with Crippen LogP contribution < -0.4 is 14.8 Å². The molecule has 0 aliphatic heterocycles. The minimum Gasteiger partial charge on any atom is -0.493 e. The molecule has 1 aromatic carbocycles. The zero-order valence-electron chi connectivity index (χ0n) is 11.5. The third-order valence-corrected chi connectivity index (χ3v) is 2.45. The molecule has 1 amide bonds. The van der Waals surface area contributed by atoms with Crippen molar-refractivity contribution >= 4 is 6.09 Å². The number of amides is 1. The number of ether oxygens (including phenoxy) is 3. The van der Waals surface area contributed by atoms with E-state index in [4.69, 9.17) is 9.84 Å². The number of alkyl carbamates (subject to hydrolysis) is 1. The molecule has 0 bridgehead atoms. The molecule has 0 heterocycles. The van der Waals surface area contributed by atoms with E-state index in [0.29, 0.717) is 13.0 Å². The second kappa shape index (κ2) is 8.96. The molecule has 0 aliphatic carbocycles. The number of halogens is 2. The molecule has 0 saturated heterocycles. The molecule has 0 saturated carbocycles. The number of carbonyl (C=O) groups is 1. The van der Waals surface area contributed by atoms with Crippen LogP contribution in [0.3, 0.4) is 0 Å². The number of rotatable bonds is 8. The van der Waals surface area contributed by atoms with E-state index >= 15 is 0 Å². The number of methoxy groups -OCH3 is 1. The molecule has 8 heteroatoms. The van der Waals surface area contributed by atoms with Gasteiger partial charge in [0.15, 0.2) is 11.5 Å². The van der Waals surface area contributed by atoms with Gasteiger partial charge >= 0.3 is 12.7 Å². The summed E-state index contributed by atoms with van der Waals surface area (Å²) in [6, 6.07) is 4.53. The fraction of sp³-hybridized carbons (Fsp3) is 0.462. The molecular formula is C13H17F2NO5. The predicted molar refractivity (Wildman–Crippen MR) is 69.8 cm³/mol. The standard InChI is InChI=1S/C13H17F2NO5/c1-19-11-8-9(2-3-10(11)21-12(14)15)4-5-16-13(18)20-7-6-17/h2-3,8,12,17H,4-7H2,1H3,(H,16,18). The highest BCUT2D eigenvalue weighted by Crippen LogP contribution is 2.29. The molecule has 0 unspecified atom stereocenters. The zero-order valence-corrected chi connectivity index (χ0v) is 11.5. The van der Waals surface area contributed by atoms with Gasteiger partial charge in [0.2, 0.25) is 0 Å². The normalized spacial score (nSPS) is 10.3. The monoisotopic (exact) mass is 305 g/mol. The molecule has 2 N–H and O–H groups in total. The van der Waals surface area contributed by atoms with Crippen LogP contribution in [0.5, 0.6) is 11.5 Å². The molecule has 21 heavy (non-hydrogen) atoms. The first kappa shape index (κ1) is 17.0. The SMILES string of the molecule is COc1cc(CCNC(=O)OCCO)ccc1OC(F)F. The van der Waals surface area contributed by atoms with Crippen molar-refractivity contribution in [1.82, 2.24) is 5.32 Å². The highest BCUT2D eigenvalue weighted by Gasteiger charge is 2.11. The Kier molecular flexibility index (Phi) is 7.24. The van der Waals surface area contributed by atoms with Gasteiger partial charge in [0, 0.05) is 6.54 Å². The van der Waals surface area contributed by atoms with Gasteiger partial charge in [0.25, 0.3) is 0 Å². The van der Waals surface area contributed by atoms with Crippen LogP contribution in [0.1, 0.15) is 5.56 Å². The van der Waals surface area contributed by atoms with Crippen LogP contribution in [0.4, 0.5) is 13.6 Å². The van der Waals surface area contributed by atoms with Crippen molar-refractivity contribution in [2.75, 3.05) is 26.9 Å². The van der Waals surface area contributed by atoms with E-state index < -0.39 is 12.7 Å². The van der Waals surface area contributed by atoms with Crippen LogP contribution in [-0.4, -0.2) is 44.7 Å². The minimum absolute atomic E-state index is 0.0495. The van der Waals surface area contributed by atoms with Crippen molar-refractivity contribution in [3.63, 3.8) is 0 Å². The molecule has 1 aromatic rings. The van der Waals surface area contributed by atoms with E-state index in [9.17, 15) is 13.6 Å². The minimum atomic E-state index is -2.92. The summed E-state index contributed by atoms with van der Waals surface area (Å²) in [6.07, 6.45) is -0.173. The largest absolute Gasteiger partial charge is 0.493 e. The van der Waals surface area contributed by atoms with E-state index in [1.807, 2.05) is 0 Å². The van der Waals surface area contributed by atoms with Crippen LogP contribution in [-0.2, 0) is 11.2 Å². The van der Waals surface area contributed by atoms with Crippen LogP contribution in [0, 0.1) is 0 Å². The van der Waals surface area contributed by atoms with E-state index in [-0.39, 0.29) is 24.7 Å². The number of alkyl halides is 2. The Bertz CT molecular complexity index is 456. The molecule has 118 valence electrons. The summed E-state index contributed by atoms with van der Waals surface area (Å²) in [4.78, 5) is 11.1. The maximum Gasteiger partial charge on any atom is 0.407 e. The Morgan fingerprint density at radius 1 is 1.38 bits per heavy atom. The van der Waals surface area contributed by atoms with Crippen molar-refractivity contribution in [1.29, 1.82) is 0 Å². The average Bonchev–Trinajstić information content (AvgIpc) is 2.46. The molecule has 0 fully saturated rings. The van der Waals surface area contributed by atoms with Crippen molar-refractivity contribution in [2.24, 2.45) is 0 Å². The van der Waals surface area contributed by atoms with Crippen LogP contribution in [0.2, 0.25) is 0 Å². The number of hydrogen-bond acceptors (Lipinski definition) is 5. The summed E-state index contributed by atoms with van der Waals surface area (Å²) in [5, 5.41) is 11.0. The molecule has 0 radical (unpaired) electrons. The van der Waals surface area contributed by atoms with Crippen LogP contribution in [0.25, 0.3) is 0 Å². The fourth-order valence-electron chi connectivity index (χ4n) is 1.56. The van der Waals surface area contributed by atoms with Gasteiger partial charge < -0.3 is 24.6 Å². The lowest BCUT2D eigenvalue weighted by Gasteiger charge is -2.11. The third kappa shape index (κ3) is 6.26. The number of carbonyl (C=O) groups excluding carboxylic acids is 1. The Labute approximate surface area is 120 Å².